The zero-order valence-corrected chi connectivity index (χ0v) is 19.1. The Hall–Kier alpha value is -1.23. The minimum Gasteiger partial charge on any atom is -0.444 e. The molecule has 0 heterocycles. The van der Waals surface area contributed by atoms with Gasteiger partial charge in [0.2, 0.25) is 0 Å². The molecule has 1 aliphatic carbocycles. The van der Waals surface area contributed by atoms with Crippen LogP contribution in [0.3, 0.4) is 0 Å². The molecule has 0 saturated heterocycles. The fraction of sp³-hybridized carbons (Fsp3) is 0.895. The highest BCUT2D eigenvalue weighted by atomic mass is 31.2. The lowest BCUT2D eigenvalue weighted by Crippen LogP contribution is -2.47. The number of hydrogen-bond donors (Lipinski definition) is 3. The Morgan fingerprint density at radius 3 is 2.33 bits per heavy atom. The molecule has 1 aliphatic rings. The van der Waals surface area contributed by atoms with Crippen molar-refractivity contribution in [3.63, 3.8) is 0 Å². The number of alkyl carbamates (subject to hydrolysis) is 1. The molecule has 1 amide bonds. The van der Waals surface area contributed by atoms with Crippen LogP contribution in [-0.4, -0.2) is 54.8 Å². The SMILES string of the molecule is CC(NC(N)=N[C@H]1CCC[C@@H]1NC(=O)OC(C)(C)C)C(C)[C@H](C)P(C)(C)=O. The first-order valence-electron chi connectivity index (χ1n) is 9.84. The van der Waals surface area contributed by atoms with Crippen molar-refractivity contribution in [2.75, 3.05) is 13.3 Å². The van der Waals surface area contributed by atoms with Crippen molar-refractivity contribution >= 4 is 19.2 Å². The molecule has 0 radical (unpaired) electrons. The molecular weight excluding hydrogens is 363 g/mol. The van der Waals surface area contributed by atoms with Crippen molar-refractivity contribution in [2.45, 2.75) is 90.2 Å². The predicted molar refractivity (Wildman–Crippen MR) is 113 cm³/mol. The van der Waals surface area contributed by atoms with E-state index < -0.39 is 18.8 Å². The van der Waals surface area contributed by atoms with E-state index in [1.165, 1.54) is 0 Å². The van der Waals surface area contributed by atoms with E-state index in [2.05, 4.69) is 22.5 Å². The molecule has 2 unspecified atom stereocenters. The maximum absolute atomic E-state index is 12.3. The van der Waals surface area contributed by atoms with Crippen molar-refractivity contribution in [1.82, 2.24) is 10.6 Å². The van der Waals surface area contributed by atoms with E-state index in [1.807, 2.05) is 47.9 Å². The van der Waals surface area contributed by atoms with Crippen LogP contribution in [0.4, 0.5) is 4.79 Å². The van der Waals surface area contributed by atoms with Crippen LogP contribution in [-0.2, 0) is 9.30 Å². The van der Waals surface area contributed by atoms with Crippen LogP contribution in [0, 0.1) is 5.92 Å². The number of carbonyl (C=O) groups is 1. The number of ether oxygens (including phenoxy) is 1. The highest BCUT2D eigenvalue weighted by Gasteiger charge is 2.31. The Balaban J connectivity index is 2.66. The van der Waals surface area contributed by atoms with Gasteiger partial charge in [0.1, 0.15) is 5.60 Å². The summed E-state index contributed by atoms with van der Waals surface area (Å²) in [5.41, 5.74) is 5.69. The van der Waals surface area contributed by atoms with E-state index >= 15 is 0 Å². The van der Waals surface area contributed by atoms with Gasteiger partial charge in [-0.3, -0.25) is 0 Å². The third-order valence-corrected chi connectivity index (χ3v) is 7.82. The zero-order chi connectivity index (χ0) is 21.0. The second-order valence-electron chi connectivity index (χ2n) is 9.23. The number of amides is 1. The standard InChI is InChI=1S/C19H39N4O3P/c1-12(14(3)27(7,8)25)13(2)21-17(20)22-15-10-9-11-16(15)23-18(24)26-19(4,5)6/h12-16H,9-11H2,1-8H3,(H,23,24)(H3,20,21,22)/t12?,13?,14-,15-,16-/m0/s1. The van der Waals surface area contributed by atoms with Crippen LogP contribution in [0.1, 0.15) is 60.8 Å². The van der Waals surface area contributed by atoms with Crippen molar-refractivity contribution in [2.24, 2.45) is 16.6 Å². The van der Waals surface area contributed by atoms with Crippen molar-refractivity contribution in [1.29, 1.82) is 0 Å². The van der Waals surface area contributed by atoms with Crippen LogP contribution in [0.25, 0.3) is 0 Å². The highest BCUT2D eigenvalue weighted by molar-refractivity contribution is 7.63. The molecule has 0 bridgehead atoms. The second-order valence-corrected chi connectivity index (χ2v) is 12.9. The third kappa shape index (κ3) is 8.12. The number of nitrogens with one attached hydrogen (secondary N) is 2. The Kier molecular flexibility index (Phi) is 8.21. The minimum absolute atomic E-state index is 0.0515. The monoisotopic (exact) mass is 402 g/mol. The van der Waals surface area contributed by atoms with Gasteiger partial charge >= 0.3 is 6.09 Å². The molecule has 4 N–H and O–H groups in total. The van der Waals surface area contributed by atoms with E-state index in [9.17, 15) is 9.36 Å². The van der Waals surface area contributed by atoms with Crippen molar-refractivity contribution in [3.8, 4) is 0 Å². The van der Waals surface area contributed by atoms with Gasteiger partial charge in [-0.15, -0.1) is 0 Å². The lowest BCUT2D eigenvalue weighted by molar-refractivity contribution is 0.0501. The number of nitrogens with zero attached hydrogens (tertiary/aromatic N) is 1. The average Bonchev–Trinajstić information content (AvgIpc) is 2.89. The first-order valence-corrected chi connectivity index (χ1v) is 12.5. The molecule has 1 saturated carbocycles. The Labute approximate surface area is 164 Å². The molecule has 0 aliphatic heterocycles. The van der Waals surface area contributed by atoms with Crippen LogP contribution in [0.2, 0.25) is 0 Å². The first-order chi connectivity index (χ1) is 12.2. The van der Waals surface area contributed by atoms with Gasteiger partial charge in [-0.05, 0) is 66.2 Å². The van der Waals surface area contributed by atoms with Gasteiger partial charge in [-0.25, -0.2) is 9.79 Å². The molecule has 1 fully saturated rings. The summed E-state index contributed by atoms with van der Waals surface area (Å²) in [5.74, 6) is 0.560. The van der Waals surface area contributed by atoms with Gasteiger partial charge in [0.25, 0.3) is 0 Å². The van der Waals surface area contributed by atoms with Crippen molar-refractivity contribution < 1.29 is 14.1 Å². The molecule has 0 aromatic carbocycles. The van der Waals surface area contributed by atoms with Gasteiger partial charge in [0.05, 0.1) is 19.2 Å². The number of aliphatic imine (C=N–C) groups is 1. The zero-order valence-electron chi connectivity index (χ0n) is 18.2. The number of rotatable bonds is 6. The van der Waals surface area contributed by atoms with Gasteiger partial charge in [-0.1, -0.05) is 13.8 Å². The van der Waals surface area contributed by atoms with E-state index in [-0.39, 0.29) is 29.7 Å². The minimum atomic E-state index is -2.16. The van der Waals surface area contributed by atoms with Gasteiger partial charge in [0.15, 0.2) is 5.96 Å². The topological polar surface area (TPSA) is 106 Å². The summed E-state index contributed by atoms with van der Waals surface area (Å²) in [6.07, 6.45) is 2.30. The summed E-state index contributed by atoms with van der Waals surface area (Å²) in [5, 5.41) is 6.15. The summed E-state index contributed by atoms with van der Waals surface area (Å²) < 4.78 is 17.7. The second kappa shape index (κ2) is 9.31. The summed E-state index contributed by atoms with van der Waals surface area (Å²) in [4.78, 5) is 16.6. The van der Waals surface area contributed by atoms with Crippen molar-refractivity contribution in [3.05, 3.63) is 0 Å². The first kappa shape index (κ1) is 23.8. The molecule has 8 heteroatoms. The van der Waals surface area contributed by atoms with Gasteiger partial charge in [0, 0.05) is 11.7 Å². The van der Waals surface area contributed by atoms with E-state index in [1.54, 1.807) is 0 Å². The molecule has 0 spiro atoms. The number of nitrogens with two attached hydrogens (primary N) is 1. The van der Waals surface area contributed by atoms with Crippen LogP contribution in [0.5, 0.6) is 0 Å². The van der Waals surface area contributed by atoms with Crippen LogP contribution < -0.4 is 16.4 Å². The van der Waals surface area contributed by atoms with Crippen LogP contribution in [0.15, 0.2) is 4.99 Å². The molecule has 27 heavy (non-hydrogen) atoms. The number of carbonyl (C=O) groups excluding carboxylic acids is 1. The normalized spacial score (nSPS) is 24.8. The Bertz CT molecular complexity index is 582. The lowest BCUT2D eigenvalue weighted by Gasteiger charge is -2.30. The van der Waals surface area contributed by atoms with Gasteiger partial charge < -0.3 is 25.7 Å². The average molecular weight is 403 g/mol. The third-order valence-electron chi connectivity index (χ3n) is 5.39. The maximum atomic E-state index is 12.3. The molecule has 0 aromatic rings. The van der Waals surface area contributed by atoms with Gasteiger partial charge in [-0.2, -0.15) is 0 Å². The summed E-state index contributed by atoms with van der Waals surface area (Å²) in [7, 11) is -2.16. The fourth-order valence-corrected chi connectivity index (χ4v) is 4.68. The van der Waals surface area contributed by atoms with E-state index in [4.69, 9.17) is 10.5 Å². The molecule has 158 valence electrons. The lowest BCUT2D eigenvalue weighted by atomic mass is 10.0. The number of hydrogen-bond acceptors (Lipinski definition) is 4. The summed E-state index contributed by atoms with van der Waals surface area (Å²) in [6, 6.07) is -0.0811. The molecule has 7 nitrogen and oxygen atoms in total. The quantitative estimate of drug-likeness (QED) is 0.359. The smallest absolute Gasteiger partial charge is 0.407 e. The largest absolute Gasteiger partial charge is 0.444 e. The molecule has 1 rings (SSSR count). The van der Waals surface area contributed by atoms with Crippen LogP contribution >= 0.6 is 7.14 Å². The predicted octanol–water partition coefficient (Wildman–Crippen LogP) is 3.37. The van der Waals surface area contributed by atoms with E-state index in [0.717, 1.165) is 19.3 Å². The molecular formula is C19H39N4O3P. The Morgan fingerprint density at radius 2 is 1.81 bits per heavy atom. The Morgan fingerprint density at radius 1 is 1.22 bits per heavy atom. The molecule has 0 aromatic heterocycles. The fourth-order valence-electron chi connectivity index (χ4n) is 3.29. The summed E-state index contributed by atoms with van der Waals surface area (Å²) in [6.45, 7) is 15.3. The molecule has 5 atom stereocenters. The summed E-state index contributed by atoms with van der Waals surface area (Å²) >= 11 is 0. The highest BCUT2D eigenvalue weighted by Crippen LogP contribution is 2.46. The number of guanidine groups is 1. The van der Waals surface area contributed by atoms with E-state index in [0.29, 0.717) is 5.96 Å². The maximum Gasteiger partial charge on any atom is 0.407 e.